The van der Waals surface area contributed by atoms with E-state index in [9.17, 15) is 9.59 Å². The van der Waals surface area contributed by atoms with Crippen molar-refractivity contribution in [3.63, 3.8) is 0 Å². The van der Waals surface area contributed by atoms with Crippen molar-refractivity contribution < 1.29 is 4.79 Å². The van der Waals surface area contributed by atoms with Gasteiger partial charge < -0.3 is 5.73 Å². The molecule has 0 spiro atoms. The highest BCUT2D eigenvalue weighted by Gasteiger charge is 2.20. The van der Waals surface area contributed by atoms with Crippen LogP contribution in [0.3, 0.4) is 0 Å². The summed E-state index contributed by atoms with van der Waals surface area (Å²) in [5, 5.41) is 2.61. The number of carbonyl (C=O) groups is 1. The van der Waals surface area contributed by atoms with Crippen molar-refractivity contribution in [2.75, 3.05) is 0 Å². The molecule has 0 saturated heterocycles. The maximum Gasteiger partial charge on any atom is 0.277 e. The number of carbonyl (C=O) groups excluding carboxylic acids is 1. The van der Waals surface area contributed by atoms with Crippen LogP contribution in [-0.4, -0.2) is 15.7 Å². The zero-order chi connectivity index (χ0) is 9.42. The molecule has 0 bridgehead atoms. The highest BCUT2D eigenvalue weighted by molar-refractivity contribution is 5.93. The van der Waals surface area contributed by atoms with Gasteiger partial charge in [0.05, 0.1) is 5.69 Å². The Bertz CT molecular complexity index is 402. The van der Waals surface area contributed by atoms with E-state index in [4.69, 9.17) is 5.73 Å². The van der Waals surface area contributed by atoms with Gasteiger partial charge in [-0.05, 0) is 19.3 Å². The van der Waals surface area contributed by atoms with Crippen LogP contribution in [0.2, 0.25) is 0 Å². The molecule has 0 saturated carbocycles. The van der Waals surface area contributed by atoms with Crippen LogP contribution in [0.5, 0.6) is 0 Å². The lowest BCUT2D eigenvalue weighted by molar-refractivity contribution is 0.0998. The molecule has 2 heterocycles. The van der Waals surface area contributed by atoms with Crippen LogP contribution >= 0.6 is 0 Å². The molecule has 3 N–H and O–H groups in total. The van der Waals surface area contributed by atoms with Crippen molar-refractivity contribution >= 4 is 5.91 Å². The van der Waals surface area contributed by atoms with Crippen molar-refractivity contribution in [2.45, 2.75) is 25.8 Å². The highest BCUT2D eigenvalue weighted by Crippen LogP contribution is 2.14. The fourth-order valence-electron chi connectivity index (χ4n) is 1.78. The Kier molecular flexibility index (Phi) is 1.72. The van der Waals surface area contributed by atoms with Crippen LogP contribution < -0.4 is 11.3 Å². The third kappa shape index (κ3) is 1.16. The van der Waals surface area contributed by atoms with Gasteiger partial charge in [-0.15, -0.1) is 0 Å². The predicted molar refractivity (Wildman–Crippen MR) is 46.5 cm³/mol. The average molecular weight is 181 g/mol. The van der Waals surface area contributed by atoms with E-state index in [1.165, 1.54) is 0 Å². The van der Waals surface area contributed by atoms with E-state index in [1.54, 1.807) is 4.68 Å². The van der Waals surface area contributed by atoms with Gasteiger partial charge in [0.15, 0.2) is 0 Å². The van der Waals surface area contributed by atoms with Crippen LogP contribution in [0.1, 0.15) is 28.9 Å². The van der Waals surface area contributed by atoms with Crippen molar-refractivity contribution in [1.82, 2.24) is 9.78 Å². The number of amides is 1. The Morgan fingerprint density at radius 1 is 1.46 bits per heavy atom. The van der Waals surface area contributed by atoms with E-state index in [-0.39, 0.29) is 11.1 Å². The van der Waals surface area contributed by atoms with Gasteiger partial charge in [-0.3, -0.25) is 19.4 Å². The molecule has 2 rings (SSSR count). The van der Waals surface area contributed by atoms with Gasteiger partial charge in [-0.2, -0.15) is 0 Å². The van der Waals surface area contributed by atoms with Gasteiger partial charge in [0.2, 0.25) is 0 Å². The number of primary amides is 1. The number of fused-ring (bicyclic) bond motifs is 1. The number of aromatic amines is 1. The summed E-state index contributed by atoms with van der Waals surface area (Å²) in [4.78, 5) is 22.2. The fourth-order valence-corrected chi connectivity index (χ4v) is 1.78. The number of hydrogen-bond acceptors (Lipinski definition) is 2. The Morgan fingerprint density at radius 3 is 2.92 bits per heavy atom. The molecule has 0 unspecified atom stereocenters. The zero-order valence-corrected chi connectivity index (χ0v) is 7.17. The molecular formula is C8H11N3O2. The Labute approximate surface area is 74.5 Å². The number of nitrogens with two attached hydrogens (primary N) is 1. The molecule has 13 heavy (non-hydrogen) atoms. The van der Waals surface area contributed by atoms with Crippen LogP contribution in [0, 0.1) is 0 Å². The Balaban J connectivity index is 2.61. The summed E-state index contributed by atoms with van der Waals surface area (Å²) in [7, 11) is 0. The quantitative estimate of drug-likeness (QED) is 0.618. The van der Waals surface area contributed by atoms with Crippen molar-refractivity contribution in [1.29, 1.82) is 0 Å². The first-order valence-corrected chi connectivity index (χ1v) is 4.31. The SMILES string of the molecule is NC(=O)c1c2n([nH]c1=O)CCCC2. The molecule has 1 aliphatic rings. The first-order valence-electron chi connectivity index (χ1n) is 4.31. The summed E-state index contributed by atoms with van der Waals surface area (Å²) >= 11 is 0. The number of rotatable bonds is 1. The topological polar surface area (TPSA) is 80.9 Å². The van der Waals surface area contributed by atoms with Gasteiger partial charge in [0.1, 0.15) is 5.56 Å². The summed E-state index contributed by atoms with van der Waals surface area (Å²) in [5.41, 5.74) is 5.66. The van der Waals surface area contributed by atoms with Crippen molar-refractivity contribution in [3.8, 4) is 0 Å². The highest BCUT2D eigenvalue weighted by atomic mass is 16.2. The summed E-state index contributed by atoms with van der Waals surface area (Å²) in [6, 6.07) is 0. The lowest BCUT2D eigenvalue weighted by Crippen LogP contribution is -2.21. The number of H-pyrrole nitrogens is 1. The minimum absolute atomic E-state index is 0.139. The number of aryl methyl sites for hydroxylation is 1. The van der Waals surface area contributed by atoms with E-state index in [1.807, 2.05) is 0 Å². The molecule has 5 heteroatoms. The maximum absolute atomic E-state index is 11.3. The molecule has 1 amide bonds. The molecule has 0 atom stereocenters. The first kappa shape index (κ1) is 8.10. The van der Waals surface area contributed by atoms with Crippen molar-refractivity contribution in [3.05, 3.63) is 21.6 Å². The van der Waals surface area contributed by atoms with Gasteiger partial charge in [-0.1, -0.05) is 0 Å². The molecule has 70 valence electrons. The summed E-state index contributed by atoms with van der Waals surface area (Å²) in [6.45, 7) is 0.776. The molecule has 1 aliphatic heterocycles. The van der Waals surface area contributed by atoms with Crippen LogP contribution in [0.4, 0.5) is 0 Å². The van der Waals surface area contributed by atoms with Crippen LogP contribution in [-0.2, 0) is 13.0 Å². The molecule has 0 aliphatic carbocycles. The minimum atomic E-state index is -0.628. The summed E-state index contributed by atoms with van der Waals surface area (Å²) in [6.07, 6.45) is 2.81. The van der Waals surface area contributed by atoms with Crippen LogP contribution in [0.25, 0.3) is 0 Å². The lowest BCUT2D eigenvalue weighted by atomic mass is 10.1. The summed E-state index contributed by atoms with van der Waals surface area (Å²) < 4.78 is 1.73. The standard InChI is InChI=1S/C8H11N3O2/c9-7(12)6-5-3-1-2-4-11(5)10-8(6)13/h1-4H2,(H2,9,12)(H,10,13). The molecule has 1 aromatic heterocycles. The molecule has 5 nitrogen and oxygen atoms in total. The van der Waals surface area contributed by atoms with E-state index in [0.717, 1.165) is 31.5 Å². The number of aromatic nitrogens is 2. The van der Waals surface area contributed by atoms with E-state index in [2.05, 4.69) is 5.10 Å². The van der Waals surface area contributed by atoms with E-state index in [0.29, 0.717) is 0 Å². The third-order valence-electron chi connectivity index (χ3n) is 2.37. The number of nitrogens with zero attached hydrogens (tertiary/aromatic N) is 1. The van der Waals surface area contributed by atoms with Gasteiger partial charge >= 0.3 is 0 Å². The molecular weight excluding hydrogens is 170 g/mol. The molecule has 0 aromatic carbocycles. The van der Waals surface area contributed by atoms with Gasteiger partial charge in [0.25, 0.3) is 11.5 Å². The number of nitrogens with one attached hydrogen (secondary N) is 1. The minimum Gasteiger partial charge on any atom is -0.365 e. The second-order valence-corrected chi connectivity index (χ2v) is 3.24. The third-order valence-corrected chi connectivity index (χ3v) is 2.37. The predicted octanol–water partition coefficient (Wildman–Crippen LogP) is -0.388. The fraction of sp³-hybridized carbons (Fsp3) is 0.500. The molecule has 1 aromatic rings. The van der Waals surface area contributed by atoms with E-state index < -0.39 is 5.91 Å². The largest absolute Gasteiger partial charge is 0.365 e. The Morgan fingerprint density at radius 2 is 2.23 bits per heavy atom. The normalized spacial score (nSPS) is 15.4. The smallest absolute Gasteiger partial charge is 0.277 e. The average Bonchev–Trinajstić information content (AvgIpc) is 2.39. The van der Waals surface area contributed by atoms with Crippen LogP contribution in [0.15, 0.2) is 4.79 Å². The van der Waals surface area contributed by atoms with Gasteiger partial charge in [-0.25, -0.2) is 0 Å². The Hall–Kier alpha value is -1.52. The second kappa shape index (κ2) is 2.76. The monoisotopic (exact) mass is 181 g/mol. The second-order valence-electron chi connectivity index (χ2n) is 3.24. The van der Waals surface area contributed by atoms with Crippen molar-refractivity contribution in [2.24, 2.45) is 5.73 Å². The zero-order valence-electron chi connectivity index (χ0n) is 7.17. The van der Waals surface area contributed by atoms with Gasteiger partial charge in [0, 0.05) is 6.54 Å². The summed E-state index contributed by atoms with van der Waals surface area (Å²) in [5.74, 6) is -0.628. The maximum atomic E-state index is 11.3. The molecule has 0 radical (unpaired) electrons. The number of hydrogen-bond donors (Lipinski definition) is 2. The van der Waals surface area contributed by atoms with E-state index >= 15 is 0 Å². The molecule has 0 fully saturated rings. The first-order chi connectivity index (χ1) is 6.20. The lowest BCUT2D eigenvalue weighted by Gasteiger charge is -2.13.